The van der Waals surface area contributed by atoms with Crippen molar-refractivity contribution in [1.82, 2.24) is 5.32 Å². The van der Waals surface area contributed by atoms with E-state index in [0.29, 0.717) is 34.4 Å². The Hall–Kier alpha value is -3.18. The number of fused-ring (bicyclic) bond motifs is 1. The molecule has 0 unspecified atom stereocenters. The highest BCUT2D eigenvalue weighted by Crippen LogP contribution is 2.36. The Kier molecular flexibility index (Phi) is 8.08. The van der Waals surface area contributed by atoms with E-state index in [1.807, 2.05) is 30.3 Å². The van der Waals surface area contributed by atoms with E-state index in [1.165, 1.54) is 24.2 Å². The van der Waals surface area contributed by atoms with Gasteiger partial charge in [0.25, 0.3) is 11.8 Å². The van der Waals surface area contributed by atoms with Crippen LogP contribution in [0.1, 0.15) is 11.1 Å². The highest BCUT2D eigenvalue weighted by atomic mass is 127. The molecule has 6 nitrogen and oxygen atoms in total. The number of carbonyl (C=O) groups excluding carboxylic acids is 2. The molecule has 1 aliphatic rings. The van der Waals surface area contributed by atoms with Crippen LogP contribution in [-0.4, -0.2) is 24.0 Å². The third-order valence-electron chi connectivity index (χ3n) is 6.07. The highest BCUT2D eigenvalue weighted by Gasteiger charge is 2.35. The van der Waals surface area contributed by atoms with Gasteiger partial charge in [-0.15, -0.1) is 0 Å². The molecular formula is C29H19Cl2IN2O4S. The van der Waals surface area contributed by atoms with Gasteiger partial charge >= 0.3 is 0 Å². The standard InChI is InChI=1S/C29H19Cl2IN2O4S/c1-37-25-13-16(12-23(32)26(25)38-15-18-7-4-6-17-5-2-3-8-20(17)18)11-21-27(35)33-29(39)34(28(21)36)24-10-9-19(30)14-22(24)31/h2-14H,15H2,1H3,(H,33,35,39)/b21-11+. The zero-order chi connectivity index (χ0) is 27.7. The summed E-state index contributed by atoms with van der Waals surface area (Å²) in [5.41, 5.74) is 1.81. The quantitative estimate of drug-likeness (QED) is 0.101. The Bertz CT molecular complexity index is 1690. The number of thiocarbonyl (C=S) groups is 1. The fraction of sp³-hybridized carbons (Fsp3) is 0.0690. The van der Waals surface area contributed by atoms with Crippen LogP contribution in [0.25, 0.3) is 16.8 Å². The summed E-state index contributed by atoms with van der Waals surface area (Å²) < 4.78 is 12.6. The molecule has 2 amide bonds. The molecule has 196 valence electrons. The van der Waals surface area contributed by atoms with E-state index in [1.54, 1.807) is 18.2 Å². The minimum absolute atomic E-state index is 0.0734. The van der Waals surface area contributed by atoms with Gasteiger partial charge in [-0.25, -0.2) is 0 Å². The number of nitrogens with one attached hydrogen (secondary N) is 1. The third kappa shape index (κ3) is 5.60. The first-order valence-electron chi connectivity index (χ1n) is 11.6. The van der Waals surface area contributed by atoms with Gasteiger partial charge in [0.15, 0.2) is 16.6 Å². The number of benzene rings is 4. The number of halogens is 3. The van der Waals surface area contributed by atoms with Crippen LogP contribution < -0.4 is 19.7 Å². The van der Waals surface area contributed by atoms with E-state index < -0.39 is 11.8 Å². The SMILES string of the molecule is COc1cc(/C=C2\C(=O)NC(=S)N(c3ccc(Cl)cc3Cl)C2=O)cc(I)c1OCc1cccc2ccccc12. The Morgan fingerprint density at radius 1 is 1.03 bits per heavy atom. The predicted octanol–water partition coefficient (Wildman–Crippen LogP) is 7.17. The van der Waals surface area contributed by atoms with Crippen LogP contribution in [0, 0.1) is 3.57 Å². The largest absolute Gasteiger partial charge is 0.493 e. The summed E-state index contributed by atoms with van der Waals surface area (Å²) in [5.74, 6) is -0.205. The Morgan fingerprint density at radius 3 is 2.56 bits per heavy atom. The van der Waals surface area contributed by atoms with Crippen LogP contribution in [0.3, 0.4) is 0 Å². The third-order valence-corrected chi connectivity index (χ3v) is 7.69. The first-order valence-corrected chi connectivity index (χ1v) is 13.8. The summed E-state index contributed by atoms with van der Waals surface area (Å²) in [5, 5.41) is 5.35. The van der Waals surface area contributed by atoms with E-state index >= 15 is 0 Å². The van der Waals surface area contributed by atoms with Gasteiger partial charge < -0.3 is 9.47 Å². The Balaban J connectivity index is 1.45. The van der Waals surface area contributed by atoms with Crippen LogP contribution in [-0.2, 0) is 16.2 Å². The van der Waals surface area contributed by atoms with Crippen molar-refractivity contribution in [2.75, 3.05) is 12.0 Å². The van der Waals surface area contributed by atoms with Gasteiger partial charge in [0.1, 0.15) is 12.2 Å². The number of rotatable bonds is 6. The van der Waals surface area contributed by atoms with Crippen LogP contribution in [0.15, 0.2) is 78.4 Å². The van der Waals surface area contributed by atoms with Gasteiger partial charge in [-0.3, -0.25) is 19.8 Å². The van der Waals surface area contributed by atoms with Crippen LogP contribution in [0.2, 0.25) is 10.0 Å². The van der Waals surface area contributed by atoms with Gasteiger partial charge in [-0.05, 0) is 93.1 Å². The van der Waals surface area contributed by atoms with Gasteiger partial charge in [-0.2, -0.15) is 0 Å². The Morgan fingerprint density at radius 2 is 1.79 bits per heavy atom. The summed E-state index contributed by atoms with van der Waals surface area (Å²) in [7, 11) is 1.54. The molecule has 0 atom stereocenters. The average molecular weight is 689 g/mol. The van der Waals surface area contributed by atoms with E-state index in [4.69, 9.17) is 44.9 Å². The fourth-order valence-electron chi connectivity index (χ4n) is 4.24. The molecular weight excluding hydrogens is 670 g/mol. The molecule has 1 fully saturated rings. The second-order valence-corrected chi connectivity index (χ2v) is 10.9. The van der Waals surface area contributed by atoms with E-state index in [0.717, 1.165) is 19.9 Å². The first kappa shape index (κ1) is 27.4. The molecule has 1 aliphatic heterocycles. The zero-order valence-corrected chi connectivity index (χ0v) is 24.8. The molecule has 0 aliphatic carbocycles. The number of nitrogens with zero attached hydrogens (tertiary/aromatic N) is 1. The van der Waals surface area contributed by atoms with E-state index in [9.17, 15) is 9.59 Å². The van der Waals surface area contributed by atoms with Crippen molar-refractivity contribution in [2.45, 2.75) is 6.61 Å². The normalized spacial score (nSPS) is 14.6. The lowest BCUT2D eigenvalue weighted by Gasteiger charge is -2.29. The van der Waals surface area contributed by atoms with Crippen molar-refractivity contribution in [3.05, 3.63) is 103 Å². The van der Waals surface area contributed by atoms with Crippen molar-refractivity contribution in [1.29, 1.82) is 0 Å². The van der Waals surface area contributed by atoms with Gasteiger partial charge in [0, 0.05) is 5.02 Å². The minimum Gasteiger partial charge on any atom is -0.493 e. The summed E-state index contributed by atoms with van der Waals surface area (Å²) in [6.07, 6.45) is 1.48. The molecule has 0 aromatic heterocycles. The fourth-order valence-corrected chi connectivity index (χ4v) is 5.79. The number of ether oxygens (including phenoxy) is 2. The monoisotopic (exact) mass is 688 g/mol. The number of hydrogen-bond acceptors (Lipinski definition) is 5. The lowest BCUT2D eigenvalue weighted by atomic mass is 10.1. The molecule has 4 aromatic rings. The van der Waals surface area contributed by atoms with Crippen molar-refractivity contribution in [2.24, 2.45) is 0 Å². The first-order chi connectivity index (χ1) is 18.8. The van der Waals surface area contributed by atoms with Crippen LogP contribution >= 0.6 is 58.0 Å². The number of carbonyl (C=O) groups is 2. The predicted molar refractivity (Wildman–Crippen MR) is 167 cm³/mol. The van der Waals surface area contributed by atoms with E-state index in [2.05, 4.69) is 46.1 Å². The average Bonchev–Trinajstić information content (AvgIpc) is 2.91. The molecule has 1 saturated heterocycles. The second-order valence-electron chi connectivity index (χ2n) is 8.51. The van der Waals surface area contributed by atoms with Crippen molar-refractivity contribution in [3.8, 4) is 11.5 Å². The van der Waals surface area contributed by atoms with Gasteiger partial charge in [0.05, 0.1) is 21.4 Å². The number of amides is 2. The molecule has 0 radical (unpaired) electrons. The number of anilines is 1. The summed E-state index contributed by atoms with van der Waals surface area (Å²) >= 11 is 19.7. The minimum atomic E-state index is -0.614. The number of hydrogen-bond donors (Lipinski definition) is 1. The molecule has 5 rings (SSSR count). The maximum Gasteiger partial charge on any atom is 0.270 e. The van der Waals surface area contributed by atoms with Crippen LogP contribution in [0.5, 0.6) is 11.5 Å². The summed E-state index contributed by atoms with van der Waals surface area (Å²) in [4.78, 5) is 27.4. The molecule has 1 N–H and O–H groups in total. The van der Waals surface area contributed by atoms with Gasteiger partial charge in [0.2, 0.25) is 0 Å². The van der Waals surface area contributed by atoms with Crippen molar-refractivity contribution in [3.63, 3.8) is 0 Å². The topological polar surface area (TPSA) is 67.9 Å². The lowest BCUT2D eigenvalue weighted by Crippen LogP contribution is -2.54. The summed E-state index contributed by atoms with van der Waals surface area (Å²) in [6, 6.07) is 22.4. The second kappa shape index (κ2) is 11.5. The highest BCUT2D eigenvalue weighted by molar-refractivity contribution is 14.1. The summed E-state index contributed by atoms with van der Waals surface area (Å²) in [6.45, 7) is 0.337. The molecule has 0 saturated carbocycles. The number of methoxy groups -OCH3 is 1. The Labute approximate surface area is 253 Å². The molecule has 0 bridgehead atoms. The van der Waals surface area contributed by atoms with Crippen molar-refractivity contribution >= 4 is 97.5 Å². The molecule has 0 spiro atoms. The molecule has 10 heteroatoms. The maximum absolute atomic E-state index is 13.4. The molecule has 4 aromatic carbocycles. The lowest BCUT2D eigenvalue weighted by molar-refractivity contribution is -0.122. The van der Waals surface area contributed by atoms with E-state index in [-0.39, 0.29) is 15.7 Å². The van der Waals surface area contributed by atoms with Gasteiger partial charge in [-0.1, -0.05) is 65.7 Å². The maximum atomic E-state index is 13.4. The molecule has 1 heterocycles. The molecule has 39 heavy (non-hydrogen) atoms. The van der Waals surface area contributed by atoms with Crippen molar-refractivity contribution < 1.29 is 19.1 Å². The smallest absolute Gasteiger partial charge is 0.270 e. The zero-order valence-electron chi connectivity index (χ0n) is 20.3. The van der Waals surface area contributed by atoms with Crippen LogP contribution in [0.4, 0.5) is 5.69 Å².